The number of pyridine rings is 1. The summed E-state index contributed by atoms with van der Waals surface area (Å²) in [5, 5.41) is 28.4. The molecule has 0 radical (unpaired) electrons. The van der Waals surface area contributed by atoms with Crippen molar-refractivity contribution in [3.8, 4) is 28.4 Å². The first-order chi connectivity index (χ1) is 15.8. The highest BCUT2D eigenvalue weighted by atomic mass is 19.4. The highest BCUT2D eigenvalue weighted by Crippen LogP contribution is 2.41. The molecule has 0 aliphatic heterocycles. The molecule has 0 saturated heterocycles. The summed E-state index contributed by atoms with van der Waals surface area (Å²) in [5.41, 5.74) is 0.177. The van der Waals surface area contributed by atoms with E-state index in [1.54, 1.807) is 31.6 Å². The molecule has 4 aromatic rings. The summed E-state index contributed by atoms with van der Waals surface area (Å²) in [6.45, 7) is 0.240. The van der Waals surface area contributed by atoms with E-state index in [0.29, 0.717) is 0 Å². The van der Waals surface area contributed by atoms with Crippen molar-refractivity contribution in [2.45, 2.75) is 12.7 Å². The summed E-state index contributed by atoms with van der Waals surface area (Å²) < 4.78 is 39.9. The molecular formula is C20H17F3N8O2. The van der Waals surface area contributed by atoms with Gasteiger partial charge >= 0.3 is 6.18 Å². The predicted molar refractivity (Wildman–Crippen MR) is 111 cm³/mol. The number of H-pyrrole nitrogens is 2. The molecule has 0 spiro atoms. The fourth-order valence-corrected chi connectivity index (χ4v) is 3.13. The van der Waals surface area contributed by atoms with Gasteiger partial charge in [-0.3, -0.25) is 20.0 Å². The van der Waals surface area contributed by atoms with Gasteiger partial charge in [-0.15, -0.1) is 0 Å². The first kappa shape index (κ1) is 21.8. The lowest BCUT2D eigenvalue weighted by Crippen LogP contribution is -2.24. The molecule has 1 aromatic carbocycles. The van der Waals surface area contributed by atoms with Gasteiger partial charge in [0.25, 0.3) is 5.91 Å². The summed E-state index contributed by atoms with van der Waals surface area (Å²) in [5.74, 6) is -1.25. The number of phenols is 1. The zero-order valence-electron chi connectivity index (χ0n) is 17.0. The number of aromatic nitrogens is 6. The molecule has 5 N–H and O–H groups in total. The monoisotopic (exact) mass is 458 g/mol. The number of anilines is 1. The fourth-order valence-electron chi connectivity index (χ4n) is 3.13. The average molecular weight is 458 g/mol. The van der Waals surface area contributed by atoms with Crippen molar-refractivity contribution < 1.29 is 23.1 Å². The van der Waals surface area contributed by atoms with Gasteiger partial charge in [-0.2, -0.15) is 23.4 Å². The highest BCUT2D eigenvalue weighted by Gasteiger charge is 2.34. The second kappa shape index (κ2) is 8.61. The quantitative estimate of drug-likeness (QED) is 0.299. The zero-order valence-corrected chi connectivity index (χ0v) is 17.0. The third-order valence-corrected chi connectivity index (χ3v) is 4.72. The van der Waals surface area contributed by atoms with Gasteiger partial charge in [0.1, 0.15) is 11.4 Å². The molecule has 33 heavy (non-hydrogen) atoms. The van der Waals surface area contributed by atoms with E-state index < -0.39 is 23.4 Å². The third-order valence-electron chi connectivity index (χ3n) is 4.72. The number of hydrogen-bond acceptors (Lipinski definition) is 7. The van der Waals surface area contributed by atoms with Crippen molar-refractivity contribution in [3.05, 3.63) is 59.7 Å². The number of nitrogens with one attached hydrogen (secondary N) is 4. The fraction of sp³-hybridized carbons (Fsp3) is 0.150. The van der Waals surface area contributed by atoms with E-state index in [4.69, 9.17) is 0 Å². The number of carbonyl (C=O) groups excluding carboxylic acids is 1. The number of amides is 1. The minimum atomic E-state index is -4.76. The van der Waals surface area contributed by atoms with Gasteiger partial charge in [-0.05, 0) is 35.4 Å². The van der Waals surface area contributed by atoms with Crippen LogP contribution >= 0.6 is 0 Å². The van der Waals surface area contributed by atoms with Crippen molar-refractivity contribution in [1.29, 1.82) is 0 Å². The number of hydrogen-bond donors (Lipinski definition) is 5. The van der Waals surface area contributed by atoms with Crippen LogP contribution in [0.5, 0.6) is 5.75 Å². The van der Waals surface area contributed by atoms with Crippen molar-refractivity contribution in [2.24, 2.45) is 0 Å². The Labute approximate surface area is 184 Å². The van der Waals surface area contributed by atoms with Gasteiger partial charge in [0.2, 0.25) is 5.82 Å². The molecule has 0 aliphatic carbocycles. The molecule has 3 heterocycles. The molecule has 4 rings (SSSR count). The molecule has 0 saturated carbocycles. The molecule has 3 aromatic heterocycles. The van der Waals surface area contributed by atoms with Crippen LogP contribution in [0.25, 0.3) is 22.6 Å². The summed E-state index contributed by atoms with van der Waals surface area (Å²) >= 11 is 0. The van der Waals surface area contributed by atoms with Crippen LogP contribution in [0.2, 0.25) is 0 Å². The Bertz CT molecular complexity index is 1280. The summed E-state index contributed by atoms with van der Waals surface area (Å²) in [4.78, 5) is 20.5. The van der Waals surface area contributed by atoms with E-state index in [-0.39, 0.29) is 40.8 Å². The lowest BCUT2D eigenvalue weighted by Gasteiger charge is -2.11. The molecule has 13 heteroatoms. The number of aromatic hydroxyl groups is 1. The van der Waals surface area contributed by atoms with E-state index >= 15 is 0 Å². The Hall–Kier alpha value is -4.42. The van der Waals surface area contributed by atoms with Gasteiger partial charge < -0.3 is 15.7 Å². The van der Waals surface area contributed by atoms with E-state index in [1.807, 2.05) is 0 Å². The summed E-state index contributed by atoms with van der Waals surface area (Å²) in [6, 6.07) is 6.56. The van der Waals surface area contributed by atoms with E-state index in [1.165, 1.54) is 6.07 Å². The topological polar surface area (TPSA) is 144 Å². The predicted octanol–water partition coefficient (Wildman–Crippen LogP) is 2.95. The third kappa shape index (κ3) is 4.46. The first-order valence-electron chi connectivity index (χ1n) is 9.54. The molecule has 0 unspecified atom stereocenters. The lowest BCUT2D eigenvalue weighted by atomic mass is 10.0. The normalized spacial score (nSPS) is 11.4. The Morgan fingerprint density at radius 2 is 1.88 bits per heavy atom. The maximum atomic E-state index is 13.3. The number of halogens is 3. The largest absolute Gasteiger partial charge is 0.507 e. The summed E-state index contributed by atoms with van der Waals surface area (Å²) in [6.07, 6.45) is -1.56. The smallest absolute Gasteiger partial charge is 0.419 e. The Morgan fingerprint density at radius 3 is 2.58 bits per heavy atom. The van der Waals surface area contributed by atoms with Crippen LogP contribution in [0.3, 0.4) is 0 Å². The Morgan fingerprint density at radius 1 is 1.12 bits per heavy atom. The van der Waals surface area contributed by atoms with Gasteiger partial charge in [-0.25, -0.2) is 4.98 Å². The second-order valence-electron chi connectivity index (χ2n) is 6.85. The van der Waals surface area contributed by atoms with Crippen LogP contribution in [0.1, 0.15) is 21.7 Å². The average Bonchev–Trinajstić information content (AvgIpc) is 3.45. The number of rotatable bonds is 6. The zero-order chi connectivity index (χ0) is 23.6. The van der Waals surface area contributed by atoms with Crippen molar-refractivity contribution >= 4 is 11.7 Å². The number of carbonyl (C=O) groups is 1. The first-order valence-corrected chi connectivity index (χ1v) is 9.54. The molecule has 0 atom stereocenters. The molecular weight excluding hydrogens is 441 g/mol. The van der Waals surface area contributed by atoms with Crippen LogP contribution < -0.4 is 10.6 Å². The van der Waals surface area contributed by atoms with Crippen LogP contribution in [0.15, 0.2) is 42.7 Å². The molecule has 170 valence electrons. The molecule has 0 aliphatic rings. The van der Waals surface area contributed by atoms with Crippen molar-refractivity contribution in [1.82, 2.24) is 35.7 Å². The number of alkyl halides is 3. The standard InChI is InChI=1S/C20H17F3N8O2/c1-24-16-14(11-2-3-13(32)12(8-11)20(21,22)23)15(28-29-16)17-27-18(31-30-17)19(33)26-9-10-4-6-25-7-5-10/h2-8,32H,9H2,1H3,(H,26,33)(H2,24,28,29)(H,27,30,31). The molecule has 1 amide bonds. The number of phenolic OH excluding ortho intramolecular Hbond substituents is 1. The summed E-state index contributed by atoms with van der Waals surface area (Å²) in [7, 11) is 1.55. The maximum absolute atomic E-state index is 13.3. The van der Waals surface area contributed by atoms with Gasteiger partial charge in [-0.1, -0.05) is 6.07 Å². The molecule has 0 bridgehead atoms. The SMILES string of the molecule is CNc1n[nH]c(-c2n[nH]c(C(=O)NCc3ccncc3)n2)c1-c1ccc(O)c(C(F)(F)F)c1. The van der Waals surface area contributed by atoms with Crippen LogP contribution in [-0.2, 0) is 12.7 Å². The van der Waals surface area contributed by atoms with Crippen LogP contribution in [-0.4, -0.2) is 48.4 Å². The highest BCUT2D eigenvalue weighted by molar-refractivity contribution is 5.92. The van der Waals surface area contributed by atoms with Gasteiger partial charge in [0.15, 0.2) is 11.6 Å². The van der Waals surface area contributed by atoms with Gasteiger partial charge in [0.05, 0.1) is 11.1 Å². The van der Waals surface area contributed by atoms with Gasteiger partial charge in [0, 0.05) is 26.0 Å². The lowest BCUT2D eigenvalue weighted by molar-refractivity contribution is -0.138. The number of aromatic amines is 2. The van der Waals surface area contributed by atoms with Crippen molar-refractivity contribution in [3.63, 3.8) is 0 Å². The number of nitrogens with zero attached hydrogens (tertiary/aromatic N) is 4. The Balaban J connectivity index is 1.65. The van der Waals surface area contributed by atoms with Crippen molar-refractivity contribution in [2.75, 3.05) is 12.4 Å². The van der Waals surface area contributed by atoms with E-state index in [9.17, 15) is 23.1 Å². The second-order valence-corrected chi connectivity index (χ2v) is 6.85. The van der Waals surface area contributed by atoms with Crippen LogP contribution in [0.4, 0.5) is 19.0 Å². The minimum absolute atomic E-state index is 0.0229. The van der Waals surface area contributed by atoms with E-state index in [0.717, 1.165) is 17.7 Å². The van der Waals surface area contributed by atoms with Crippen LogP contribution in [0, 0.1) is 0 Å². The Kier molecular flexibility index (Phi) is 5.69. The molecule has 0 fully saturated rings. The maximum Gasteiger partial charge on any atom is 0.419 e. The van der Waals surface area contributed by atoms with E-state index in [2.05, 4.69) is 41.0 Å². The minimum Gasteiger partial charge on any atom is -0.507 e. The molecule has 10 nitrogen and oxygen atoms in total. The number of benzene rings is 1.